The lowest BCUT2D eigenvalue weighted by Crippen LogP contribution is -3.13. The van der Waals surface area contributed by atoms with E-state index in [-0.39, 0.29) is 5.91 Å². The number of nitrogens with zero attached hydrogens (tertiary/aromatic N) is 3. The third kappa shape index (κ3) is 3.65. The van der Waals surface area contributed by atoms with E-state index in [4.69, 9.17) is 0 Å². The summed E-state index contributed by atoms with van der Waals surface area (Å²) in [5.74, 6) is 0.0803. The average Bonchev–Trinajstić information content (AvgIpc) is 3.34. The molecule has 4 rings (SSSR count). The van der Waals surface area contributed by atoms with Gasteiger partial charge in [0.05, 0.1) is 43.6 Å². The largest absolute Gasteiger partial charge is 0.328 e. The molecule has 3 heterocycles. The van der Waals surface area contributed by atoms with E-state index in [1.54, 1.807) is 27.1 Å². The van der Waals surface area contributed by atoms with E-state index in [2.05, 4.69) is 21.9 Å². The minimum atomic E-state index is 0.0803. The van der Waals surface area contributed by atoms with Gasteiger partial charge >= 0.3 is 0 Å². The fourth-order valence-electron chi connectivity index (χ4n) is 3.22. The molecule has 128 valence electrons. The normalized spacial score (nSPS) is 15.4. The Morgan fingerprint density at radius 3 is 2.68 bits per heavy atom. The third-order valence-electron chi connectivity index (χ3n) is 4.64. The molecule has 1 fully saturated rings. The van der Waals surface area contributed by atoms with Crippen LogP contribution < -0.4 is 4.90 Å². The van der Waals surface area contributed by atoms with Crippen LogP contribution in [0.25, 0.3) is 5.69 Å². The molecule has 0 saturated carbocycles. The van der Waals surface area contributed by atoms with Gasteiger partial charge in [-0.05, 0) is 29.0 Å². The molecule has 0 aliphatic carbocycles. The smallest absolute Gasteiger partial charge is 0.257 e. The van der Waals surface area contributed by atoms with E-state index < -0.39 is 0 Å². The van der Waals surface area contributed by atoms with Gasteiger partial charge in [-0.25, -0.2) is 4.68 Å². The molecule has 2 aromatic heterocycles. The minimum absolute atomic E-state index is 0.0803. The van der Waals surface area contributed by atoms with E-state index in [0.717, 1.165) is 38.4 Å². The molecule has 0 radical (unpaired) electrons. The lowest BCUT2D eigenvalue weighted by Gasteiger charge is -2.31. The van der Waals surface area contributed by atoms with Gasteiger partial charge in [-0.15, -0.1) is 0 Å². The zero-order valence-corrected chi connectivity index (χ0v) is 14.8. The van der Waals surface area contributed by atoms with E-state index >= 15 is 0 Å². The summed E-state index contributed by atoms with van der Waals surface area (Å²) in [6.45, 7) is 4.64. The molecule has 6 heteroatoms. The van der Waals surface area contributed by atoms with Gasteiger partial charge in [0, 0.05) is 11.8 Å². The van der Waals surface area contributed by atoms with E-state index in [0.29, 0.717) is 5.56 Å². The molecule has 1 aliphatic rings. The first-order valence-corrected chi connectivity index (χ1v) is 9.48. The van der Waals surface area contributed by atoms with Crippen molar-refractivity contribution in [2.45, 2.75) is 6.54 Å². The quantitative estimate of drug-likeness (QED) is 0.772. The molecule has 0 spiro atoms. The van der Waals surface area contributed by atoms with Crippen LogP contribution in [-0.4, -0.2) is 46.8 Å². The molecule has 3 aromatic rings. The summed E-state index contributed by atoms with van der Waals surface area (Å²) in [5, 5.41) is 8.67. The number of benzene rings is 1. The molecule has 1 N–H and O–H groups in total. The van der Waals surface area contributed by atoms with Crippen molar-refractivity contribution in [1.82, 2.24) is 14.7 Å². The van der Waals surface area contributed by atoms with Gasteiger partial charge in [0.2, 0.25) is 0 Å². The fourth-order valence-corrected chi connectivity index (χ4v) is 3.89. The van der Waals surface area contributed by atoms with Crippen LogP contribution in [0, 0.1) is 0 Å². The Morgan fingerprint density at radius 1 is 1.16 bits per heavy atom. The third-order valence-corrected chi connectivity index (χ3v) is 5.37. The number of carbonyl (C=O) groups excluding carboxylic acids is 1. The zero-order valence-electron chi connectivity index (χ0n) is 14.0. The van der Waals surface area contributed by atoms with Gasteiger partial charge in [0.15, 0.2) is 0 Å². The molecule has 0 bridgehead atoms. The van der Waals surface area contributed by atoms with Crippen LogP contribution in [0.1, 0.15) is 15.9 Å². The summed E-state index contributed by atoms with van der Waals surface area (Å²) in [4.78, 5) is 16.2. The predicted molar refractivity (Wildman–Crippen MR) is 98.2 cm³/mol. The summed E-state index contributed by atoms with van der Waals surface area (Å²) >= 11 is 1.74. The van der Waals surface area contributed by atoms with Crippen molar-refractivity contribution in [2.24, 2.45) is 0 Å². The highest BCUT2D eigenvalue weighted by Gasteiger charge is 2.25. The maximum Gasteiger partial charge on any atom is 0.257 e. The van der Waals surface area contributed by atoms with Gasteiger partial charge in [-0.3, -0.25) is 4.79 Å². The lowest BCUT2D eigenvalue weighted by atomic mass is 10.2. The van der Waals surface area contributed by atoms with Crippen LogP contribution in [0.4, 0.5) is 0 Å². The van der Waals surface area contributed by atoms with Crippen LogP contribution >= 0.6 is 11.3 Å². The lowest BCUT2D eigenvalue weighted by molar-refractivity contribution is -0.917. The Labute approximate surface area is 151 Å². The Morgan fingerprint density at radius 2 is 1.96 bits per heavy atom. The van der Waals surface area contributed by atoms with Crippen molar-refractivity contribution < 1.29 is 9.69 Å². The Bertz CT molecular complexity index is 820. The molecule has 1 amide bonds. The van der Waals surface area contributed by atoms with E-state index in [1.807, 2.05) is 41.4 Å². The molecular formula is C19H21N4OS+. The molecule has 1 saturated heterocycles. The molecule has 5 nitrogen and oxygen atoms in total. The maximum absolute atomic E-state index is 12.7. The number of quaternary nitrogens is 1. The molecular weight excluding hydrogens is 332 g/mol. The highest BCUT2D eigenvalue weighted by atomic mass is 32.1. The summed E-state index contributed by atoms with van der Waals surface area (Å²) in [6, 6.07) is 12.0. The molecule has 1 aromatic carbocycles. The molecule has 0 unspecified atom stereocenters. The number of para-hydroxylation sites is 1. The van der Waals surface area contributed by atoms with Crippen molar-refractivity contribution in [1.29, 1.82) is 0 Å². The predicted octanol–water partition coefficient (Wildman–Crippen LogP) is 1.47. The Balaban J connectivity index is 1.37. The number of amides is 1. The van der Waals surface area contributed by atoms with Gasteiger partial charge in [-0.2, -0.15) is 16.4 Å². The van der Waals surface area contributed by atoms with Crippen molar-refractivity contribution >= 4 is 17.2 Å². The number of carbonyl (C=O) groups is 1. The minimum Gasteiger partial charge on any atom is -0.328 e. The summed E-state index contributed by atoms with van der Waals surface area (Å²) in [5.41, 5.74) is 3.01. The van der Waals surface area contributed by atoms with Crippen LogP contribution in [0.2, 0.25) is 0 Å². The van der Waals surface area contributed by atoms with Crippen molar-refractivity contribution in [3.63, 3.8) is 0 Å². The molecule has 0 atom stereocenters. The van der Waals surface area contributed by atoms with E-state index in [1.165, 1.54) is 5.56 Å². The first-order valence-electron chi connectivity index (χ1n) is 8.53. The number of hydrogen-bond acceptors (Lipinski definition) is 3. The van der Waals surface area contributed by atoms with Crippen molar-refractivity contribution in [3.8, 4) is 5.69 Å². The number of hydrogen-bond donors (Lipinski definition) is 1. The highest BCUT2D eigenvalue weighted by molar-refractivity contribution is 7.07. The first kappa shape index (κ1) is 16.1. The van der Waals surface area contributed by atoms with Crippen LogP contribution in [0.3, 0.4) is 0 Å². The summed E-state index contributed by atoms with van der Waals surface area (Å²) in [7, 11) is 0. The first-order chi connectivity index (χ1) is 12.3. The summed E-state index contributed by atoms with van der Waals surface area (Å²) < 4.78 is 1.76. The molecule has 25 heavy (non-hydrogen) atoms. The zero-order chi connectivity index (χ0) is 17.1. The average molecular weight is 353 g/mol. The van der Waals surface area contributed by atoms with Crippen LogP contribution in [0.15, 0.2) is 59.6 Å². The van der Waals surface area contributed by atoms with Crippen molar-refractivity contribution in [2.75, 3.05) is 26.2 Å². The monoisotopic (exact) mass is 353 g/mol. The second kappa shape index (κ2) is 7.21. The van der Waals surface area contributed by atoms with Crippen LogP contribution in [-0.2, 0) is 6.54 Å². The number of rotatable bonds is 4. The van der Waals surface area contributed by atoms with Crippen LogP contribution in [0.5, 0.6) is 0 Å². The van der Waals surface area contributed by atoms with Gasteiger partial charge in [0.1, 0.15) is 6.54 Å². The summed E-state index contributed by atoms with van der Waals surface area (Å²) in [6.07, 6.45) is 3.49. The number of aromatic nitrogens is 2. The standard InChI is InChI=1S/C19H20N4OS/c24-19(17-12-20-23(14-17)18-4-2-1-3-5-18)22-9-7-21(8-10-22)13-16-6-11-25-15-16/h1-6,11-12,14-15H,7-10,13H2/p+1. The molecule has 1 aliphatic heterocycles. The fraction of sp³-hybridized carbons (Fsp3) is 0.263. The van der Waals surface area contributed by atoms with Gasteiger partial charge in [-0.1, -0.05) is 18.2 Å². The van der Waals surface area contributed by atoms with Gasteiger partial charge in [0.25, 0.3) is 5.91 Å². The number of thiophene rings is 1. The maximum atomic E-state index is 12.7. The van der Waals surface area contributed by atoms with Gasteiger partial charge < -0.3 is 9.80 Å². The second-order valence-corrected chi connectivity index (χ2v) is 7.14. The van der Waals surface area contributed by atoms with Crippen molar-refractivity contribution in [3.05, 3.63) is 70.7 Å². The van der Waals surface area contributed by atoms with E-state index in [9.17, 15) is 4.79 Å². The SMILES string of the molecule is O=C(c1cnn(-c2ccccc2)c1)N1CC[NH+](Cc2ccsc2)CC1. The highest BCUT2D eigenvalue weighted by Crippen LogP contribution is 2.10. The Kier molecular flexibility index (Phi) is 4.63. The number of nitrogens with one attached hydrogen (secondary N) is 1. The number of piperazine rings is 1. The second-order valence-electron chi connectivity index (χ2n) is 6.36. The topological polar surface area (TPSA) is 42.6 Å². The Hall–Kier alpha value is -2.44.